The van der Waals surface area contributed by atoms with Crippen LogP contribution in [0.2, 0.25) is 6.55 Å². The van der Waals surface area contributed by atoms with Crippen LogP contribution in [0, 0.1) is 6.04 Å². The molecule has 0 aromatic heterocycles. The standard InChI is InChI=1S/C3H11Si2/c1-3-5(2)4/h3,5H,1-2,4H3. The SMILES string of the molecule is C[CH][SiH](C)[SiH3]. The van der Waals surface area contributed by atoms with E-state index in [4.69, 9.17) is 0 Å². The first-order valence-corrected chi connectivity index (χ1v) is 8.51. The maximum atomic E-state index is 2.37. The second-order valence-electron chi connectivity index (χ2n) is 1.58. The Bertz CT molecular complexity index is 18.9. The lowest BCUT2D eigenvalue weighted by Gasteiger charge is -1.87. The average Bonchev–Trinajstić information content (AvgIpc) is 1.38. The fourth-order valence-corrected chi connectivity index (χ4v) is 0. The van der Waals surface area contributed by atoms with E-state index in [1.54, 1.807) is 0 Å². The predicted octanol–water partition coefficient (Wildman–Crippen LogP) is -0.531. The molecule has 0 amide bonds. The molecule has 1 radical (unpaired) electrons. The summed E-state index contributed by atoms with van der Waals surface area (Å²) in [5.41, 5.74) is 0. The fourth-order valence-electron chi connectivity index (χ4n) is 0. The van der Waals surface area contributed by atoms with Gasteiger partial charge in [0.2, 0.25) is 0 Å². The van der Waals surface area contributed by atoms with E-state index in [2.05, 4.69) is 19.5 Å². The minimum absolute atomic E-state index is 0.136. The molecular formula is C3H11Si2. The van der Waals surface area contributed by atoms with Gasteiger partial charge in [-0.1, -0.05) is 19.5 Å². The molecule has 0 heterocycles. The molecule has 1 unspecified atom stereocenters. The highest BCUT2D eigenvalue weighted by Gasteiger charge is 1.83. The normalized spacial score (nSPS) is 15.6. The zero-order valence-electron chi connectivity index (χ0n) is 4.15. The molecule has 0 fully saturated rings. The lowest BCUT2D eigenvalue weighted by Crippen LogP contribution is -2.03. The Hall–Kier alpha value is 0.434. The Morgan fingerprint density at radius 3 is 2.00 bits per heavy atom. The van der Waals surface area contributed by atoms with Gasteiger partial charge in [-0.15, -0.1) is 0 Å². The first-order valence-electron chi connectivity index (χ1n) is 2.07. The van der Waals surface area contributed by atoms with Gasteiger partial charge in [0.05, 0.1) is 0 Å². The molecule has 31 valence electrons. The maximum Gasteiger partial charge on any atom is 0.0201 e. The third kappa shape index (κ3) is 4.43. The van der Waals surface area contributed by atoms with Crippen molar-refractivity contribution in [1.82, 2.24) is 0 Å². The van der Waals surface area contributed by atoms with Crippen LogP contribution >= 0.6 is 0 Å². The van der Waals surface area contributed by atoms with E-state index in [-0.39, 0.29) is 8.31 Å². The van der Waals surface area contributed by atoms with Crippen LogP contribution in [0.3, 0.4) is 0 Å². The van der Waals surface area contributed by atoms with Gasteiger partial charge in [0, 0.05) is 8.31 Å². The summed E-state index contributed by atoms with van der Waals surface area (Å²) in [6, 6.07) is 2.37. The largest absolute Gasteiger partial charge is 0.0744 e. The van der Waals surface area contributed by atoms with E-state index >= 15 is 0 Å². The summed E-state index contributed by atoms with van der Waals surface area (Å²) in [6.07, 6.45) is 0. The minimum atomic E-state index is -0.136. The summed E-state index contributed by atoms with van der Waals surface area (Å²) in [6.45, 7) is 4.54. The Morgan fingerprint density at radius 2 is 2.00 bits per heavy atom. The van der Waals surface area contributed by atoms with Crippen LogP contribution in [0.15, 0.2) is 0 Å². The van der Waals surface area contributed by atoms with Gasteiger partial charge in [0.15, 0.2) is 0 Å². The zero-order valence-corrected chi connectivity index (χ0v) is 7.31. The lowest BCUT2D eigenvalue weighted by atomic mass is 11.0. The van der Waals surface area contributed by atoms with Gasteiger partial charge in [-0.3, -0.25) is 0 Å². The van der Waals surface area contributed by atoms with Crippen molar-refractivity contribution in [3.63, 3.8) is 0 Å². The Balaban J connectivity index is 2.54. The quantitative estimate of drug-likeness (QED) is 0.391. The van der Waals surface area contributed by atoms with E-state index < -0.39 is 0 Å². The van der Waals surface area contributed by atoms with Crippen LogP contribution in [0.25, 0.3) is 0 Å². The van der Waals surface area contributed by atoms with Crippen molar-refractivity contribution < 1.29 is 0 Å². The van der Waals surface area contributed by atoms with Gasteiger partial charge in [-0.25, -0.2) is 0 Å². The Morgan fingerprint density at radius 1 is 1.80 bits per heavy atom. The molecule has 0 N–H and O–H groups in total. The molecule has 0 aromatic rings. The van der Waals surface area contributed by atoms with Crippen molar-refractivity contribution in [3.05, 3.63) is 6.04 Å². The number of hydrogen-bond acceptors (Lipinski definition) is 0. The average molecular weight is 103 g/mol. The second kappa shape index (κ2) is 2.66. The molecule has 1 atom stereocenters. The molecule has 0 aliphatic carbocycles. The van der Waals surface area contributed by atoms with Crippen LogP contribution in [-0.4, -0.2) is 18.1 Å². The molecule has 0 rings (SSSR count). The number of hydrogen-bond donors (Lipinski definition) is 0. The Labute approximate surface area is 38.4 Å². The van der Waals surface area contributed by atoms with Crippen LogP contribution < -0.4 is 0 Å². The van der Waals surface area contributed by atoms with Gasteiger partial charge in [0.25, 0.3) is 0 Å². The molecule has 0 aliphatic heterocycles. The molecule has 0 spiro atoms. The van der Waals surface area contributed by atoms with Gasteiger partial charge in [0.1, 0.15) is 0 Å². The molecule has 0 saturated carbocycles. The summed E-state index contributed by atoms with van der Waals surface area (Å²) >= 11 is 0. The first-order chi connectivity index (χ1) is 2.27. The van der Waals surface area contributed by atoms with Crippen molar-refractivity contribution in [1.29, 1.82) is 0 Å². The lowest BCUT2D eigenvalue weighted by molar-refractivity contribution is 1.68. The van der Waals surface area contributed by atoms with E-state index in [1.165, 1.54) is 9.76 Å². The van der Waals surface area contributed by atoms with Crippen molar-refractivity contribution in [2.75, 3.05) is 0 Å². The number of rotatable bonds is 1. The Kier molecular flexibility index (Phi) is 2.89. The fraction of sp³-hybridized carbons (Fsp3) is 0.667. The molecule has 0 aromatic carbocycles. The first kappa shape index (κ1) is 5.43. The van der Waals surface area contributed by atoms with E-state index in [1.807, 2.05) is 0 Å². The van der Waals surface area contributed by atoms with Crippen LogP contribution in [-0.2, 0) is 0 Å². The van der Waals surface area contributed by atoms with Crippen molar-refractivity contribution in [2.24, 2.45) is 0 Å². The monoisotopic (exact) mass is 103 g/mol. The topological polar surface area (TPSA) is 0 Å². The van der Waals surface area contributed by atoms with Crippen LogP contribution in [0.1, 0.15) is 6.92 Å². The summed E-state index contributed by atoms with van der Waals surface area (Å²) in [4.78, 5) is 0. The summed E-state index contributed by atoms with van der Waals surface area (Å²) in [5.74, 6) is 0. The van der Waals surface area contributed by atoms with E-state index in [0.717, 1.165) is 0 Å². The molecule has 0 aliphatic rings. The van der Waals surface area contributed by atoms with E-state index in [9.17, 15) is 0 Å². The molecule has 2 heteroatoms. The smallest absolute Gasteiger partial charge is 0.0201 e. The molecule has 5 heavy (non-hydrogen) atoms. The summed E-state index contributed by atoms with van der Waals surface area (Å²) < 4.78 is 0. The highest BCUT2D eigenvalue weighted by atomic mass is 29.1. The minimum Gasteiger partial charge on any atom is -0.0744 e. The summed E-state index contributed by atoms with van der Waals surface area (Å²) in [5, 5.41) is 0. The van der Waals surface area contributed by atoms with Gasteiger partial charge >= 0.3 is 0 Å². The predicted molar refractivity (Wildman–Crippen MR) is 32.9 cm³/mol. The highest BCUT2D eigenvalue weighted by Crippen LogP contribution is 1.73. The van der Waals surface area contributed by atoms with Gasteiger partial charge in [-0.2, -0.15) is 0 Å². The molecule has 0 nitrogen and oxygen atoms in total. The maximum absolute atomic E-state index is 2.37. The summed E-state index contributed by atoms with van der Waals surface area (Å²) in [7, 11) is 1.32. The second-order valence-corrected chi connectivity index (χ2v) is 10.2. The third-order valence-electron chi connectivity index (χ3n) is 0.667. The van der Waals surface area contributed by atoms with Crippen LogP contribution in [0.4, 0.5) is 0 Å². The van der Waals surface area contributed by atoms with Crippen LogP contribution in [0.5, 0.6) is 0 Å². The molecular weight excluding hydrogens is 92.2 g/mol. The molecule has 0 bridgehead atoms. The van der Waals surface area contributed by atoms with E-state index in [0.29, 0.717) is 0 Å². The van der Waals surface area contributed by atoms with Gasteiger partial charge < -0.3 is 0 Å². The van der Waals surface area contributed by atoms with Gasteiger partial charge in [-0.05, 0) is 9.76 Å². The zero-order chi connectivity index (χ0) is 4.28. The van der Waals surface area contributed by atoms with Crippen molar-refractivity contribution >= 4 is 18.1 Å². The molecule has 0 saturated heterocycles. The van der Waals surface area contributed by atoms with Crippen molar-refractivity contribution in [3.8, 4) is 0 Å². The van der Waals surface area contributed by atoms with Crippen molar-refractivity contribution in [2.45, 2.75) is 13.5 Å². The highest BCUT2D eigenvalue weighted by molar-refractivity contribution is 7.04. The third-order valence-corrected chi connectivity index (χ3v) is 4.00.